The number of benzene rings is 2. The summed E-state index contributed by atoms with van der Waals surface area (Å²) >= 11 is 3.43. The third-order valence-corrected chi connectivity index (χ3v) is 4.08. The average Bonchev–Trinajstić information content (AvgIpc) is 3.08. The Morgan fingerprint density at radius 2 is 1.79 bits per heavy atom. The van der Waals surface area contributed by atoms with E-state index in [2.05, 4.69) is 26.1 Å². The largest absolute Gasteiger partial charge is 0.456 e. The molecular formula is C18H15BrN2O3. The van der Waals surface area contributed by atoms with Crippen molar-refractivity contribution in [2.75, 3.05) is 0 Å². The van der Waals surface area contributed by atoms with E-state index >= 15 is 0 Å². The van der Waals surface area contributed by atoms with Gasteiger partial charge < -0.3 is 9.15 Å². The van der Waals surface area contributed by atoms with Crippen LogP contribution in [0.4, 0.5) is 0 Å². The second-order valence-electron chi connectivity index (χ2n) is 5.13. The van der Waals surface area contributed by atoms with E-state index in [9.17, 15) is 4.79 Å². The van der Waals surface area contributed by atoms with E-state index < -0.39 is 0 Å². The molecule has 3 rings (SSSR count). The highest BCUT2D eigenvalue weighted by atomic mass is 79.9. The van der Waals surface area contributed by atoms with Gasteiger partial charge in [0.15, 0.2) is 6.61 Å². The van der Waals surface area contributed by atoms with Crippen molar-refractivity contribution in [1.82, 2.24) is 10.2 Å². The summed E-state index contributed by atoms with van der Waals surface area (Å²) in [7, 11) is 0. The van der Waals surface area contributed by atoms with Gasteiger partial charge in [-0.2, -0.15) is 0 Å². The number of rotatable bonds is 6. The summed E-state index contributed by atoms with van der Waals surface area (Å²) < 4.78 is 11.6. The van der Waals surface area contributed by atoms with Crippen LogP contribution in [0.5, 0.6) is 0 Å². The van der Waals surface area contributed by atoms with Crippen molar-refractivity contribution in [3.05, 3.63) is 70.5 Å². The first kappa shape index (κ1) is 16.4. The minimum atomic E-state index is -0.292. The highest BCUT2D eigenvalue weighted by Gasteiger charge is 2.13. The Kier molecular flexibility index (Phi) is 5.38. The third-order valence-electron chi connectivity index (χ3n) is 3.39. The zero-order valence-corrected chi connectivity index (χ0v) is 14.4. The highest BCUT2D eigenvalue weighted by molar-refractivity contribution is 9.10. The van der Waals surface area contributed by atoms with Crippen molar-refractivity contribution < 1.29 is 13.9 Å². The molecule has 0 radical (unpaired) electrons. The summed E-state index contributed by atoms with van der Waals surface area (Å²) in [5.74, 6) is 0.367. The standard InChI is InChI=1S/C18H15BrN2O3/c19-15-9-5-4-8-14(15)18-21-20-16(24-18)12-23-17(22)11-10-13-6-2-1-3-7-13/h1-9H,10-12H2. The van der Waals surface area contributed by atoms with E-state index in [-0.39, 0.29) is 18.5 Å². The van der Waals surface area contributed by atoms with E-state index in [4.69, 9.17) is 9.15 Å². The lowest BCUT2D eigenvalue weighted by Crippen LogP contribution is -2.06. The molecular weight excluding hydrogens is 372 g/mol. The van der Waals surface area contributed by atoms with Crippen molar-refractivity contribution in [3.63, 3.8) is 0 Å². The first-order chi connectivity index (χ1) is 11.7. The predicted octanol–water partition coefficient (Wildman–Crippen LogP) is 4.18. The summed E-state index contributed by atoms with van der Waals surface area (Å²) in [6, 6.07) is 17.3. The molecule has 3 aromatic rings. The van der Waals surface area contributed by atoms with Crippen molar-refractivity contribution in [3.8, 4) is 11.5 Å². The molecule has 0 bridgehead atoms. The van der Waals surface area contributed by atoms with Crippen LogP contribution in [0.1, 0.15) is 17.9 Å². The molecule has 0 atom stereocenters. The SMILES string of the molecule is O=C(CCc1ccccc1)OCc1nnc(-c2ccccc2Br)o1. The lowest BCUT2D eigenvalue weighted by atomic mass is 10.1. The summed E-state index contributed by atoms with van der Waals surface area (Å²) in [6.45, 7) is -0.0227. The summed E-state index contributed by atoms with van der Waals surface area (Å²) in [4.78, 5) is 11.8. The molecule has 0 aliphatic heterocycles. The molecule has 0 spiro atoms. The van der Waals surface area contributed by atoms with Crippen molar-refractivity contribution in [2.45, 2.75) is 19.4 Å². The van der Waals surface area contributed by atoms with Gasteiger partial charge in [0.1, 0.15) is 0 Å². The van der Waals surface area contributed by atoms with E-state index in [0.717, 1.165) is 15.6 Å². The topological polar surface area (TPSA) is 65.2 Å². The minimum absolute atomic E-state index is 0.0227. The summed E-state index contributed by atoms with van der Waals surface area (Å²) in [5.41, 5.74) is 1.90. The monoisotopic (exact) mass is 386 g/mol. The second-order valence-corrected chi connectivity index (χ2v) is 5.98. The number of hydrogen-bond donors (Lipinski definition) is 0. The summed E-state index contributed by atoms with van der Waals surface area (Å²) in [5, 5.41) is 7.89. The van der Waals surface area contributed by atoms with E-state index in [1.54, 1.807) is 0 Å². The van der Waals surface area contributed by atoms with Crippen LogP contribution < -0.4 is 0 Å². The predicted molar refractivity (Wildman–Crippen MR) is 92.0 cm³/mol. The molecule has 122 valence electrons. The van der Waals surface area contributed by atoms with Gasteiger partial charge in [-0.3, -0.25) is 4.79 Å². The number of halogens is 1. The maximum Gasteiger partial charge on any atom is 0.306 e. The number of aromatic nitrogens is 2. The van der Waals surface area contributed by atoms with Gasteiger partial charge >= 0.3 is 5.97 Å². The smallest absolute Gasteiger partial charge is 0.306 e. The molecule has 0 saturated carbocycles. The van der Waals surface area contributed by atoms with Crippen molar-refractivity contribution >= 4 is 21.9 Å². The Morgan fingerprint density at radius 1 is 1.04 bits per heavy atom. The number of aryl methyl sites for hydroxylation is 1. The third kappa shape index (κ3) is 4.29. The van der Waals surface area contributed by atoms with Gasteiger partial charge in [-0.1, -0.05) is 42.5 Å². The quantitative estimate of drug-likeness (QED) is 0.594. The Hall–Kier alpha value is -2.47. The van der Waals surface area contributed by atoms with Crippen LogP contribution in [0, 0.1) is 0 Å². The molecule has 6 heteroatoms. The molecule has 0 aliphatic rings. The highest BCUT2D eigenvalue weighted by Crippen LogP contribution is 2.26. The Bertz CT molecular complexity index is 818. The van der Waals surface area contributed by atoms with Crippen LogP contribution in [-0.4, -0.2) is 16.2 Å². The average molecular weight is 387 g/mol. The Morgan fingerprint density at radius 3 is 2.58 bits per heavy atom. The van der Waals surface area contributed by atoms with Crippen LogP contribution in [0.3, 0.4) is 0 Å². The minimum Gasteiger partial charge on any atom is -0.456 e. The maximum atomic E-state index is 11.8. The molecule has 1 heterocycles. The van der Waals surface area contributed by atoms with Gasteiger partial charge in [0, 0.05) is 10.9 Å². The number of carbonyl (C=O) groups excluding carboxylic acids is 1. The number of hydrogen-bond acceptors (Lipinski definition) is 5. The van der Waals surface area contributed by atoms with Gasteiger partial charge in [-0.25, -0.2) is 0 Å². The molecule has 2 aromatic carbocycles. The molecule has 5 nitrogen and oxygen atoms in total. The Balaban J connectivity index is 1.52. The maximum absolute atomic E-state index is 11.8. The number of ether oxygens (including phenoxy) is 1. The van der Waals surface area contributed by atoms with Crippen LogP contribution in [0.2, 0.25) is 0 Å². The molecule has 0 N–H and O–H groups in total. The van der Waals surface area contributed by atoms with Crippen LogP contribution in [0.25, 0.3) is 11.5 Å². The molecule has 0 aliphatic carbocycles. The lowest BCUT2D eigenvalue weighted by molar-refractivity contribution is -0.145. The molecule has 0 amide bonds. The molecule has 1 aromatic heterocycles. The zero-order chi connectivity index (χ0) is 16.8. The van der Waals surface area contributed by atoms with Crippen LogP contribution in [0.15, 0.2) is 63.5 Å². The molecule has 0 fully saturated rings. The van der Waals surface area contributed by atoms with Crippen LogP contribution >= 0.6 is 15.9 Å². The van der Waals surface area contributed by atoms with E-state index in [1.807, 2.05) is 54.6 Å². The molecule has 24 heavy (non-hydrogen) atoms. The van der Waals surface area contributed by atoms with Crippen molar-refractivity contribution in [1.29, 1.82) is 0 Å². The lowest BCUT2D eigenvalue weighted by Gasteiger charge is -2.02. The molecule has 0 saturated heterocycles. The van der Waals surface area contributed by atoms with Gasteiger partial charge in [0.25, 0.3) is 5.89 Å². The Labute approximate surface area is 147 Å². The van der Waals surface area contributed by atoms with Crippen molar-refractivity contribution in [2.24, 2.45) is 0 Å². The fourth-order valence-electron chi connectivity index (χ4n) is 2.16. The fraction of sp³-hybridized carbons (Fsp3) is 0.167. The normalized spacial score (nSPS) is 10.5. The second kappa shape index (κ2) is 7.88. The van der Waals surface area contributed by atoms with E-state index in [0.29, 0.717) is 18.7 Å². The number of esters is 1. The van der Waals surface area contributed by atoms with Crippen LogP contribution in [-0.2, 0) is 22.6 Å². The molecule has 0 unspecified atom stereocenters. The van der Waals surface area contributed by atoms with Gasteiger partial charge in [-0.05, 0) is 40.0 Å². The first-order valence-corrected chi connectivity index (χ1v) is 8.28. The fourth-order valence-corrected chi connectivity index (χ4v) is 2.62. The first-order valence-electron chi connectivity index (χ1n) is 7.49. The summed E-state index contributed by atoms with van der Waals surface area (Å²) in [6.07, 6.45) is 0.959. The van der Waals surface area contributed by atoms with Gasteiger partial charge in [0.2, 0.25) is 5.89 Å². The van der Waals surface area contributed by atoms with Gasteiger partial charge in [0.05, 0.1) is 5.56 Å². The van der Waals surface area contributed by atoms with Gasteiger partial charge in [-0.15, -0.1) is 10.2 Å². The zero-order valence-electron chi connectivity index (χ0n) is 12.8. The van der Waals surface area contributed by atoms with E-state index in [1.165, 1.54) is 0 Å². The number of carbonyl (C=O) groups is 1. The number of nitrogens with zero attached hydrogens (tertiary/aromatic N) is 2.